The number of nitrogens with zero attached hydrogens (tertiary/aromatic N) is 3. The zero-order valence-corrected chi connectivity index (χ0v) is 18.3. The first-order valence-corrected chi connectivity index (χ1v) is 11.7. The van der Waals surface area contributed by atoms with Gasteiger partial charge in [0, 0.05) is 34.8 Å². The molecule has 4 aromatic rings. The summed E-state index contributed by atoms with van der Waals surface area (Å²) in [5.41, 5.74) is 4.74. The molecule has 0 bridgehead atoms. The Morgan fingerprint density at radius 3 is 2.67 bits per heavy atom. The van der Waals surface area contributed by atoms with Gasteiger partial charge in [0.15, 0.2) is 5.17 Å². The van der Waals surface area contributed by atoms with Crippen molar-refractivity contribution in [1.82, 2.24) is 9.88 Å². The lowest BCUT2D eigenvalue weighted by Gasteiger charge is -2.25. The monoisotopic (exact) mass is 454 g/mol. The number of hydrogen-bond acceptors (Lipinski definition) is 4. The molecule has 1 atom stereocenters. The maximum Gasteiger partial charge on any atom is 0.259 e. The van der Waals surface area contributed by atoms with Crippen LogP contribution in [0.15, 0.2) is 89.0 Å². The molecule has 0 aliphatic carbocycles. The highest BCUT2D eigenvalue weighted by Crippen LogP contribution is 2.35. The number of hydrogen-bond donors (Lipinski definition) is 1. The average Bonchev–Trinajstić information content (AvgIpc) is 3.40. The van der Waals surface area contributed by atoms with E-state index in [0.29, 0.717) is 23.2 Å². The molecule has 1 aromatic heterocycles. The molecule has 0 saturated heterocycles. The fraction of sp³-hybridized carbons (Fsp3) is 0.115. The van der Waals surface area contributed by atoms with Gasteiger partial charge < -0.3 is 4.98 Å². The van der Waals surface area contributed by atoms with Crippen LogP contribution in [0.1, 0.15) is 16.7 Å². The molecule has 3 heterocycles. The molecule has 0 unspecified atom stereocenters. The Kier molecular flexibility index (Phi) is 4.84. The summed E-state index contributed by atoms with van der Waals surface area (Å²) < 4.78 is 13.3. The number of thioether (sulfide) groups is 1. The molecule has 2 aliphatic rings. The van der Waals surface area contributed by atoms with E-state index in [1.54, 1.807) is 17.0 Å². The first-order chi connectivity index (χ1) is 16.2. The van der Waals surface area contributed by atoms with E-state index in [-0.39, 0.29) is 11.7 Å². The molecule has 1 N–H and O–H groups in total. The van der Waals surface area contributed by atoms with Crippen LogP contribution in [0.5, 0.6) is 0 Å². The van der Waals surface area contributed by atoms with E-state index >= 15 is 0 Å². The van der Waals surface area contributed by atoms with Gasteiger partial charge in [-0.1, -0.05) is 54.2 Å². The number of aromatic amines is 1. The highest BCUT2D eigenvalue weighted by molar-refractivity contribution is 8.13. The molecule has 1 amide bonds. The van der Waals surface area contributed by atoms with Crippen LogP contribution in [0, 0.1) is 5.82 Å². The number of halogens is 1. The zero-order valence-electron chi connectivity index (χ0n) is 17.5. The maximum atomic E-state index is 13.5. The van der Waals surface area contributed by atoms with Crippen molar-refractivity contribution >= 4 is 45.3 Å². The number of amides is 1. The number of aliphatic imine (C=N–C) groups is 2. The Bertz CT molecular complexity index is 1440. The Morgan fingerprint density at radius 2 is 1.79 bits per heavy atom. The fourth-order valence-electron chi connectivity index (χ4n) is 4.27. The van der Waals surface area contributed by atoms with Crippen molar-refractivity contribution in [1.29, 1.82) is 0 Å². The molecular formula is C26H19FN4OS. The van der Waals surface area contributed by atoms with Gasteiger partial charge in [0.25, 0.3) is 5.91 Å². The van der Waals surface area contributed by atoms with Gasteiger partial charge in [-0.3, -0.25) is 9.79 Å². The van der Waals surface area contributed by atoms with Crippen LogP contribution in [0.25, 0.3) is 10.9 Å². The second-order valence-corrected chi connectivity index (χ2v) is 8.97. The molecule has 3 aromatic carbocycles. The van der Waals surface area contributed by atoms with E-state index in [1.807, 2.05) is 48.7 Å². The van der Waals surface area contributed by atoms with Crippen molar-refractivity contribution in [2.45, 2.75) is 18.2 Å². The summed E-state index contributed by atoms with van der Waals surface area (Å²) in [6.45, 7) is 0. The Morgan fingerprint density at radius 1 is 1.00 bits per heavy atom. The van der Waals surface area contributed by atoms with E-state index in [2.05, 4.69) is 11.1 Å². The van der Waals surface area contributed by atoms with Crippen LogP contribution >= 0.6 is 11.8 Å². The number of fused-ring (bicyclic) bond motifs is 4. The molecule has 33 heavy (non-hydrogen) atoms. The minimum atomic E-state index is -0.512. The lowest BCUT2D eigenvalue weighted by molar-refractivity contribution is -0.124. The Hall–Kier alpha value is -3.71. The van der Waals surface area contributed by atoms with Crippen molar-refractivity contribution < 1.29 is 9.18 Å². The highest BCUT2D eigenvalue weighted by Gasteiger charge is 2.41. The van der Waals surface area contributed by atoms with E-state index in [9.17, 15) is 9.18 Å². The average molecular weight is 455 g/mol. The number of rotatable bonds is 4. The number of para-hydroxylation sites is 2. The third-order valence-electron chi connectivity index (χ3n) is 5.92. The van der Waals surface area contributed by atoms with Crippen LogP contribution in [-0.4, -0.2) is 32.8 Å². The summed E-state index contributed by atoms with van der Waals surface area (Å²) in [6.07, 6.45) is 2.47. The number of carbonyl (C=O) groups excluding carboxylic acids is 1. The zero-order chi connectivity index (χ0) is 22.4. The van der Waals surface area contributed by atoms with Gasteiger partial charge in [-0.25, -0.2) is 14.3 Å². The lowest BCUT2D eigenvalue weighted by Crippen LogP contribution is -2.41. The molecule has 6 rings (SSSR count). The standard InChI is InChI=1S/C26H19FN4OS/c27-18-11-9-16(10-12-18)15-33-26-30-22-8-4-2-6-20(22)24-29-23(25(32)31(24)26)13-17-14-28-21-7-3-1-5-19(17)21/h1-12,14,23,28H,13,15H2/t23-/m0/s1. The van der Waals surface area contributed by atoms with E-state index < -0.39 is 6.04 Å². The van der Waals surface area contributed by atoms with Gasteiger partial charge in [-0.15, -0.1) is 0 Å². The topological polar surface area (TPSA) is 60.8 Å². The number of H-pyrrole nitrogens is 1. The lowest BCUT2D eigenvalue weighted by atomic mass is 10.1. The molecule has 0 spiro atoms. The number of nitrogens with one attached hydrogen (secondary N) is 1. The summed E-state index contributed by atoms with van der Waals surface area (Å²) >= 11 is 1.46. The molecule has 0 fully saturated rings. The van der Waals surface area contributed by atoms with Gasteiger partial charge in [0.2, 0.25) is 0 Å². The van der Waals surface area contributed by atoms with Crippen LogP contribution in [0.2, 0.25) is 0 Å². The first kappa shape index (κ1) is 19.9. The largest absolute Gasteiger partial charge is 0.361 e. The van der Waals surface area contributed by atoms with Gasteiger partial charge in [-0.2, -0.15) is 0 Å². The third kappa shape index (κ3) is 3.54. The van der Waals surface area contributed by atoms with Crippen LogP contribution in [0.4, 0.5) is 10.1 Å². The highest BCUT2D eigenvalue weighted by atomic mass is 32.2. The third-order valence-corrected chi connectivity index (χ3v) is 6.93. The summed E-state index contributed by atoms with van der Waals surface area (Å²) in [4.78, 5) is 28.1. The second kappa shape index (κ2) is 8.01. The van der Waals surface area contributed by atoms with Crippen LogP contribution in [-0.2, 0) is 17.0 Å². The summed E-state index contributed by atoms with van der Waals surface area (Å²) in [6, 6.07) is 21.7. The molecule has 0 radical (unpaired) electrons. The molecular weight excluding hydrogens is 435 g/mol. The number of aromatic nitrogens is 1. The van der Waals surface area contributed by atoms with E-state index in [4.69, 9.17) is 9.98 Å². The molecule has 7 heteroatoms. The molecule has 2 aliphatic heterocycles. The number of amidine groups is 2. The molecule has 5 nitrogen and oxygen atoms in total. The Labute approximate surface area is 194 Å². The van der Waals surface area contributed by atoms with Crippen molar-refractivity contribution in [2.24, 2.45) is 9.98 Å². The van der Waals surface area contributed by atoms with E-state index in [0.717, 1.165) is 33.3 Å². The number of benzene rings is 3. The van der Waals surface area contributed by atoms with Gasteiger partial charge in [0.1, 0.15) is 17.7 Å². The van der Waals surface area contributed by atoms with Gasteiger partial charge >= 0.3 is 0 Å². The minimum Gasteiger partial charge on any atom is -0.361 e. The van der Waals surface area contributed by atoms with Crippen molar-refractivity contribution in [2.75, 3.05) is 0 Å². The van der Waals surface area contributed by atoms with Crippen LogP contribution < -0.4 is 0 Å². The molecule has 0 saturated carbocycles. The van der Waals surface area contributed by atoms with E-state index in [1.165, 1.54) is 23.9 Å². The SMILES string of the molecule is O=C1[C@H](Cc2c[nH]c3ccccc23)N=C2c3ccccc3N=C(SCc3ccc(F)cc3)N12. The van der Waals surface area contributed by atoms with Gasteiger partial charge in [0.05, 0.1) is 5.69 Å². The fourth-order valence-corrected chi connectivity index (χ4v) is 5.23. The molecule has 162 valence electrons. The smallest absolute Gasteiger partial charge is 0.259 e. The van der Waals surface area contributed by atoms with Crippen molar-refractivity contribution in [3.8, 4) is 0 Å². The first-order valence-electron chi connectivity index (χ1n) is 10.7. The summed E-state index contributed by atoms with van der Waals surface area (Å²) in [7, 11) is 0. The van der Waals surface area contributed by atoms with Crippen molar-refractivity contribution in [3.63, 3.8) is 0 Å². The normalized spacial score (nSPS) is 17.1. The predicted octanol–water partition coefficient (Wildman–Crippen LogP) is 5.44. The minimum absolute atomic E-state index is 0.0739. The maximum absolute atomic E-state index is 13.5. The van der Waals surface area contributed by atoms with Crippen LogP contribution in [0.3, 0.4) is 0 Å². The predicted molar refractivity (Wildman–Crippen MR) is 130 cm³/mol. The number of carbonyl (C=O) groups is 1. The van der Waals surface area contributed by atoms with Crippen molar-refractivity contribution in [3.05, 3.63) is 102 Å². The quantitative estimate of drug-likeness (QED) is 0.446. The summed E-state index contributed by atoms with van der Waals surface area (Å²) in [5.74, 6) is 0.884. The van der Waals surface area contributed by atoms with Gasteiger partial charge in [-0.05, 0) is 41.5 Å². The Balaban J connectivity index is 1.32. The second-order valence-electron chi connectivity index (χ2n) is 8.03. The summed E-state index contributed by atoms with van der Waals surface area (Å²) in [5, 5.41) is 1.71.